The zero-order valence-corrected chi connectivity index (χ0v) is 6.87. The molecule has 0 aliphatic carbocycles. The fourth-order valence-corrected chi connectivity index (χ4v) is 1.78. The lowest BCUT2D eigenvalue weighted by atomic mass is 10.8. The summed E-state index contributed by atoms with van der Waals surface area (Å²) < 4.78 is 27.4. The lowest BCUT2D eigenvalue weighted by Gasteiger charge is -1.77. The van der Waals surface area contributed by atoms with E-state index in [1.54, 1.807) is 6.92 Å². The van der Waals surface area contributed by atoms with Crippen molar-refractivity contribution in [3.8, 4) is 0 Å². The van der Waals surface area contributed by atoms with Gasteiger partial charge in [0.1, 0.15) is 26.4 Å². The molecule has 1 heterocycles. The molecule has 0 amide bonds. The predicted octanol–water partition coefficient (Wildman–Crippen LogP) is -0.0421. The van der Waals surface area contributed by atoms with Gasteiger partial charge in [-0.05, 0) is 6.92 Å². The molecule has 6 heteroatoms. The van der Waals surface area contributed by atoms with Crippen LogP contribution in [-0.2, 0) is 16.4 Å². The molecule has 0 N–H and O–H groups in total. The summed E-state index contributed by atoms with van der Waals surface area (Å²) in [4.78, 5) is 0. The summed E-state index contributed by atoms with van der Waals surface area (Å²) in [5, 5.41) is 8.28. The first kappa shape index (κ1) is 6.23. The van der Waals surface area contributed by atoms with E-state index in [4.69, 9.17) is 1.12 Å². The van der Waals surface area contributed by atoms with Gasteiger partial charge in [-0.1, -0.05) is 0 Å². The maximum absolute atomic E-state index is 10.4. The van der Waals surface area contributed by atoms with Crippen LogP contribution in [0.15, 0.2) is 0 Å². The third kappa shape index (κ3) is 2.03. The third-order valence-corrected chi connectivity index (χ3v) is 2.34. The molecule has 10 heavy (non-hydrogen) atoms. The molecule has 56 valence electrons. The summed E-state index contributed by atoms with van der Waals surface area (Å²) in [6.07, 6.45) is 0. The standard InChI is InChI=1S/C4H6N2O2S2/c1-3-5-6-4(9-3)2-10(7)8/h10H,2H2,1H3/i10T. The molecule has 0 saturated heterocycles. The van der Waals surface area contributed by atoms with Gasteiger partial charge in [0.15, 0.2) is 1.12 Å². The molecule has 0 aliphatic rings. The summed E-state index contributed by atoms with van der Waals surface area (Å²) in [6.45, 7) is 1.73. The van der Waals surface area contributed by atoms with E-state index in [1.165, 1.54) is 11.3 Å². The van der Waals surface area contributed by atoms with Gasteiger partial charge in [-0.15, -0.1) is 21.5 Å². The number of aromatic nitrogens is 2. The minimum absolute atomic E-state index is 0.335. The van der Waals surface area contributed by atoms with Gasteiger partial charge < -0.3 is 0 Å². The van der Waals surface area contributed by atoms with Crippen LogP contribution in [-0.4, -0.2) is 19.7 Å². The van der Waals surface area contributed by atoms with E-state index in [9.17, 15) is 8.42 Å². The summed E-state index contributed by atoms with van der Waals surface area (Å²) in [5.74, 6) is -0.335. The predicted molar refractivity (Wildman–Crippen MR) is 38.7 cm³/mol. The zero-order chi connectivity index (χ0) is 8.48. The Hall–Kier alpha value is -0.490. The van der Waals surface area contributed by atoms with Crippen molar-refractivity contribution in [1.82, 2.24) is 10.2 Å². The molecular weight excluding hydrogens is 172 g/mol. The van der Waals surface area contributed by atoms with Crippen LogP contribution in [0.5, 0.6) is 0 Å². The normalized spacial score (nSPS) is 13.1. The van der Waals surface area contributed by atoms with Crippen LogP contribution >= 0.6 is 11.3 Å². The number of thiol groups is 1. The van der Waals surface area contributed by atoms with Crippen LogP contribution in [0.4, 0.5) is 0 Å². The molecule has 1 rings (SSSR count). The van der Waals surface area contributed by atoms with E-state index >= 15 is 0 Å². The maximum atomic E-state index is 10.4. The van der Waals surface area contributed by atoms with Gasteiger partial charge in [-0.3, -0.25) is 0 Å². The van der Waals surface area contributed by atoms with Crippen LogP contribution in [0.25, 0.3) is 0 Å². The highest BCUT2D eigenvalue weighted by molar-refractivity contribution is 7.71. The Morgan fingerprint density at radius 3 is 2.80 bits per heavy atom. The van der Waals surface area contributed by atoms with Crippen molar-refractivity contribution in [2.45, 2.75) is 12.7 Å². The first-order chi connectivity index (χ1) is 4.97. The van der Waals surface area contributed by atoms with E-state index in [-0.39, 0.29) is 5.75 Å². The number of nitrogens with zero attached hydrogens (tertiary/aromatic N) is 2. The van der Waals surface area contributed by atoms with Crippen LogP contribution in [0, 0.1) is 6.92 Å². The molecule has 0 unspecified atom stereocenters. The van der Waals surface area contributed by atoms with E-state index in [0.29, 0.717) is 10.0 Å². The van der Waals surface area contributed by atoms with Crippen LogP contribution in [0.3, 0.4) is 0 Å². The zero-order valence-electron chi connectivity index (χ0n) is 6.23. The van der Waals surface area contributed by atoms with Crippen LogP contribution in [0.2, 0.25) is 0 Å². The van der Waals surface area contributed by atoms with Crippen molar-refractivity contribution in [3.05, 3.63) is 10.0 Å². The second-order valence-corrected chi connectivity index (χ2v) is 3.83. The summed E-state index contributed by atoms with van der Waals surface area (Å²) in [7, 11) is -3.71. The molecule has 0 aliphatic heterocycles. The minimum atomic E-state index is -3.71. The molecule has 4 nitrogen and oxygen atoms in total. The van der Waals surface area contributed by atoms with Crippen molar-refractivity contribution in [2.24, 2.45) is 0 Å². The number of hydrogen-bond acceptors (Lipinski definition) is 5. The number of hydrogen-bond donors (Lipinski definition) is 1. The highest BCUT2D eigenvalue weighted by Crippen LogP contribution is 2.07. The molecule has 1 aromatic heterocycles. The Morgan fingerprint density at radius 1 is 1.70 bits per heavy atom. The Kier molecular flexibility index (Phi) is 1.91. The fourth-order valence-electron chi connectivity index (χ4n) is 0.497. The van der Waals surface area contributed by atoms with Crippen LogP contribution < -0.4 is 0 Å². The van der Waals surface area contributed by atoms with E-state index in [1.807, 2.05) is 0 Å². The van der Waals surface area contributed by atoms with Gasteiger partial charge >= 0.3 is 0 Å². The van der Waals surface area contributed by atoms with Gasteiger partial charge in [-0.25, -0.2) is 8.42 Å². The monoisotopic (exact) mass is 180 g/mol. The van der Waals surface area contributed by atoms with Crippen molar-refractivity contribution in [1.29, 1.82) is 1.12 Å². The lowest BCUT2D eigenvalue weighted by molar-refractivity contribution is 0.613. The molecule has 0 radical (unpaired) electrons. The summed E-state index contributed by atoms with van der Waals surface area (Å²) in [5.41, 5.74) is 0. The van der Waals surface area contributed by atoms with Crippen molar-refractivity contribution in [2.75, 3.05) is 0 Å². The Bertz CT molecular complexity index is 345. The fraction of sp³-hybridized carbons (Fsp3) is 0.500. The average Bonchev–Trinajstić information content (AvgIpc) is 2.10. The SMILES string of the molecule is [3H]S(=O)(=O)Cc1nnc(C)s1. The first-order valence-electron chi connectivity index (χ1n) is 2.94. The summed E-state index contributed by atoms with van der Waals surface area (Å²) in [6, 6.07) is 0. The molecular formula is C4H6N2O2S2. The molecule has 0 saturated carbocycles. The molecule has 0 bridgehead atoms. The molecule has 0 aromatic carbocycles. The largest absolute Gasteiger partial charge is 0.231 e. The third-order valence-electron chi connectivity index (χ3n) is 0.809. The van der Waals surface area contributed by atoms with Crippen molar-refractivity contribution < 1.29 is 8.42 Å². The summed E-state index contributed by atoms with van der Waals surface area (Å²) >= 11 is 1.19. The van der Waals surface area contributed by atoms with Gasteiger partial charge in [0, 0.05) is 0 Å². The highest BCUT2D eigenvalue weighted by atomic mass is 32.2. The van der Waals surface area contributed by atoms with Gasteiger partial charge in [0.2, 0.25) is 0 Å². The quantitative estimate of drug-likeness (QED) is 0.649. The van der Waals surface area contributed by atoms with Crippen molar-refractivity contribution >= 4 is 21.9 Å². The van der Waals surface area contributed by atoms with E-state index in [2.05, 4.69) is 10.2 Å². The Morgan fingerprint density at radius 2 is 2.40 bits per heavy atom. The Labute approximate surface area is 65.0 Å². The smallest absolute Gasteiger partial charge is 0.174 e. The topological polar surface area (TPSA) is 59.9 Å². The maximum Gasteiger partial charge on any atom is 0.174 e. The second-order valence-electron chi connectivity index (χ2n) is 1.66. The Balaban J connectivity index is 2.81. The molecule has 1 aromatic rings. The average molecular weight is 180 g/mol. The van der Waals surface area contributed by atoms with E-state index in [0.717, 1.165) is 0 Å². The molecule has 0 fully saturated rings. The van der Waals surface area contributed by atoms with Crippen LogP contribution in [0.1, 0.15) is 10.0 Å². The second kappa shape index (κ2) is 3.07. The number of rotatable bonds is 2. The lowest BCUT2D eigenvalue weighted by Crippen LogP contribution is -1.84. The number of aryl methyl sites for hydroxylation is 1. The van der Waals surface area contributed by atoms with Crippen molar-refractivity contribution in [3.63, 3.8) is 0 Å². The van der Waals surface area contributed by atoms with Gasteiger partial charge in [0.25, 0.3) is 0 Å². The van der Waals surface area contributed by atoms with Gasteiger partial charge in [-0.2, -0.15) is 0 Å². The molecule has 0 spiro atoms. The van der Waals surface area contributed by atoms with Gasteiger partial charge in [0.05, 0.1) is 0 Å². The molecule has 0 atom stereocenters. The van der Waals surface area contributed by atoms with E-state index < -0.39 is 10.6 Å². The minimum Gasteiger partial charge on any atom is -0.231 e. The first-order valence-corrected chi connectivity index (χ1v) is 4.59. The highest BCUT2D eigenvalue weighted by Gasteiger charge is 1.99.